The Morgan fingerprint density at radius 3 is 2.27 bits per heavy atom. The molecule has 0 saturated heterocycles. The molecule has 0 bridgehead atoms. The Morgan fingerprint density at radius 1 is 1.33 bits per heavy atom. The first-order valence-electron chi connectivity index (χ1n) is 4.64. The van der Waals surface area contributed by atoms with E-state index in [2.05, 4.69) is 0 Å². The molecular formula is C11H12F2O2. The van der Waals surface area contributed by atoms with Crippen LogP contribution in [0.2, 0.25) is 0 Å². The molecule has 0 spiro atoms. The summed E-state index contributed by atoms with van der Waals surface area (Å²) in [5.74, 6) is -4.79. The molecule has 1 aromatic carbocycles. The lowest BCUT2D eigenvalue weighted by Crippen LogP contribution is -2.18. The number of carboxylic acid groups (broad SMARTS) is 1. The number of halogens is 2. The van der Waals surface area contributed by atoms with Crippen LogP contribution in [-0.4, -0.2) is 11.1 Å². The number of benzene rings is 1. The SMILES string of the molecule is CCc1ccc(C(F)(F)CC(=O)O)cc1. The third kappa shape index (κ3) is 3.01. The highest BCUT2D eigenvalue weighted by molar-refractivity contribution is 5.68. The average Bonchev–Trinajstić information content (AvgIpc) is 2.16. The van der Waals surface area contributed by atoms with Gasteiger partial charge in [0.25, 0.3) is 5.92 Å². The second kappa shape index (κ2) is 4.38. The molecule has 0 heterocycles. The van der Waals surface area contributed by atoms with Crippen LogP contribution in [-0.2, 0) is 17.1 Å². The van der Waals surface area contributed by atoms with Crippen molar-refractivity contribution in [3.8, 4) is 0 Å². The van der Waals surface area contributed by atoms with Crippen LogP contribution in [0.4, 0.5) is 8.78 Å². The van der Waals surface area contributed by atoms with Crippen LogP contribution in [0.1, 0.15) is 24.5 Å². The first-order chi connectivity index (χ1) is 6.95. The lowest BCUT2D eigenvalue weighted by molar-refractivity contribution is -0.145. The predicted molar refractivity (Wildman–Crippen MR) is 52.0 cm³/mol. The van der Waals surface area contributed by atoms with Crippen molar-refractivity contribution in [2.75, 3.05) is 0 Å². The Balaban J connectivity index is 2.89. The van der Waals surface area contributed by atoms with E-state index >= 15 is 0 Å². The molecule has 1 N–H and O–H groups in total. The van der Waals surface area contributed by atoms with E-state index in [1.54, 1.807) is 12.1 Å². The van der Waals surface area contributed by atoms with E-state index in [0.29, 0.717) is 0 Å². The molecule has 0 atom stereocenters. The Labute approximate surface area is 86.5 Å². The molecule has 0 radical (unpaired) electrons. The monoisotopic (exact) mass is 214 g/mol. The van der Waals surface area contributed by atoms with Gasteiger partial charge in [-0.15, -0.1) is 0 Å². The van der Waals surface area contributed by atoms with E-state index in [1.807, 2.05) is 6.92 Å². The van der Waals surface area contributed by atoms with Gasteiger partial charge in [-0.1, -0.05) is 31.2 Å². The first kappa shape index (κ1) is 11.6. The lowest BCUT2D eigenvalue weighted by Gasteiger charge is -2.14. The molecule has 2 nitrogen and oxygen atoms in total. The van der Waals surface area contributed by atoms with Gasteiger partial charge in [0.15, 0.2) is 0 Å². The number of aliphatic carboxylic acids is 1. The number of alkyl halides is 2. The van der Waals surface area contributed by atoms with E-state index in [0.717, 1.165) is 12.0 Å². The van der Waals surface area contributed by atoms with Crippen LogP contribution in [0.15, 0.2) is 24.3 Å². The fourth-order valence-corrected chi connectivity index (χ4v) is 1.28. The topological polar surface area (TPSA) is 37.3 Å². The molecule has 0 unspecified atom stereocenters. The fourth-order valence-electron chi connectivity index (χ4n) is 1.28. The van der Waals surface area contributed by atoms with E-state index in [4.69, 9.17) is 5.11 Å². The second-order valence-corrected chi connectivity index (χ2v) is 3.33. The van der Waals surface area contributed by atoms with Crippen molar-refractivity contribution < 1.29 is 18.7 Å². The third-order valence-electron chi connectivity index (χ3n) is 2.16. The molecule has 15 heavy (non-hydrogen) atoms. The molecule has 0 aromatic heterocycles. The largest absolute Gasteiger partial charge is 0.481 e. The highest BCUT2D eigenvalue weighted by atomic mass is 19.3. The predicted octanol–water partition coefficient (Wildman–Crippen LogP) is 2.82. The summed E-state index contributed by atoms with van der Waals surface area (Å²) in [6.07, 6.45) is -0.400. The minimum Gasteiger partial charge on any atom is -0.481 e. The van der Waals surface area contributed by atoms with Gasteiger partial charge in [0.2, 0.25) is 0 Å². The Morgan fingerprint density at radius 2 is 1.87 bits per heavy atom. The molecule has 0 fully saturated rings. The molecule has 82 valence electrons. The Hall–Kier alpha value is -1.45. The maximum atomic E-state index is 13.3. The van der Waals surface area contributed by atoms with Crippen LogP contribution in [0.5, 0.6) is 0 Å². The van der Waals surface area contributed by atoms with Gasteiger partial charge in [0, 0.05) is 5.56 Å². The Kier molecular flexibility index (Phi) is 3.39. The zero-order valence-corrected chi connectivity index (χ0v) is 8.34. The molecule has 1 rings (SSSR count). The van der Waals surface area contributed by atoms with E-state index < -0.39 is 18.3 Å². The maximum Gasteiger partial charge on any atom is 0.309 e. The molecule has 4 heteroatoms. The zero-order chi connectivity index (χ0) is 11.5. The minimum atomic E-state index is -3.29. The van der Waals surface area contributed by atoms with Gasteiger partial charge in [-0.2, -0.15) is 0 Å². The molecule has 1 aromatic rings. The maximum absolute atomic E-state index is 13.3. The van der Waals surface area contributed by atoms with Crippen molar-refractivity contribution in [2.45, 2.75) is 25.7 Å². The van der Waals surface area contributed by atoms with Crippen LogP contribution < -0.4 is 0 Å². The van der Waals surface area contributed by atoms with Crippen molar-refractivity contribution in [2.24, 2.45) is 0 Å². The number of hydrogen-bond acceptors (Lipinski definition) is 1. The molecule has 0 saturated carbocycles. The van der Waals surface area contributed by atoms with Gasteiger partial charge < -0.3 is 5.11 Å². The van der Waals surface area contributed by atoms with Crippen molar-refractivity contribution in [1.29, 1.82) is 0 Å². The highest BCUT2D eigenvalue weighted by Crippen LogP contribution is 2.31. The molecule has 0 amide bonds. The number of carbonyl (C=O) groups is 1. The quantitative estimate of drug-likeness (QED) is 0.836. The minimum absolute atomic E-state index is 0.248. The first-order valence-corrected chi connectivity index (χ1v) is 4.64. The van der Waals surface area contributed by atoms with Gasteiger partial charge in [0.1, 0.15) is 6.42 Å². The van der Waals surface area contributed by atoms with E-state index in [1.165, 1.54) is 12.1 Å². The van der Waals surface area contributed by atoms with Crippen molar-refractivity contribution in [3.05, 3.63) is 35.4 Å². The van der Waals surface area contributed by atoms with Gasteiger partial charge in [-0.05, 0) is 12.0 Å². The standard InChI is InChI=1S/C11H12F2O2/c1-2-8-3-5-9(6-4-8)11(12,13)7-10(14)15/h3-6H,2,7H2,1H3,(H,14,15). The summed E-state index contributed by atoms with van der Waals surface area (Å²) in [6, 6.07) is 5.74. The van der Waals surface area contributed by atoms with Crippen LogP contribution in [0.3, 0.4) is 0 Å². The molecule has 0 aliphatic carbocycles. The van der Waals surface area contributed by atoms with Crippen LogP contribution >= 0.6 is 0 Å². The van der Waals surface area contributed by atoms with Crippen molar-refractivity contribution in [3.63, 3.8) is 0 Å². The van der Waals surface area contributed by atoms with Gasteiger partial charge in [-0.3, -0.25) is 4.79 Å². The van der Waals surface area contributed by atoms with Crippen molar-refractivity contribution in [1.82, 2.24) is 0 Å². The summed E-state index contributed by atoms with van der Waals surface area (Å²) in [6.45, 7) is 1.92. The van der Waals surface area contributed by atoms with E-state index in [-0.39, 0.29) is 5.56 Å². The fraction of sp³-hybridized carbons (Fsp3) is 0.364. The van der Waals surface area contributed by atoms with E-state index in [9.17, 15) is 13.6 Å². The smallest absolute Gasteiger partial charge is 0.309 e. The normalized spacial score (nSPS) is 11.4. The lowest BCUT2D eigenvalue weighted by atomic mass is 10.0. The molecule has 0 aliphatic rings. The van der Waals surface area contributed by atoms with Gasteiger partial charge >= 0.3 is 5.97 Å². The number of aryl methyl sites for hydroxylation is 1. The summed E-state index contributed by atoms with van der Waals surface area (Å²) in [7, 11) is 0. The van der Waals surface area contributed by atoms with Gasteiger partial charge in [-0.25, -0.2) is 8.78 Å². The summed E-state index contributed by atoms with van der Waals surface area (Å²) in [4.78, 5) is 10.2. The zero-order valence-electron chi connectivity index (χ0n) is 8.34. The highest BCUT2D eigenvalue weighted by Gasteiger charge is 2.34. The summed E-state index contributed by atoms with van der Waals surface area (Å²) >= 11 is 0. The van der Waals surface area contributed by atoms with Crippen LogP contribution in [0.25, 0.3) is 0 Å². The number of carboxylic acids is 1. The van der Waals surface area contributed by atoms with Gasteiger partial charge in [0.05, 0.1) is 0 Å². The summed E-state index contributed by atoms with van der Waals surface area (Å²) < 4.78 is 26.5. The third-order valence-corrected chi connectivity index (χ3v) is 2.16. The van der Waals surface area contributed by atoms with Crippen LogP contribution in [0, 0.1) is 0 Å². The second-order valence-electron chi connectivity index (χ2n) is 3.33. The number of rotatable bonds is 4. The Bertz CT molecular complexity index is 344. The average molecular weight is 214 g/mol. The molecular weight excluding hydrogens is 202 g/mol. The van der Waals surface area contributed by atoms with Crippen molar-refractivity contribution >= 4 is 5.97 Å². The number of hydrogen-bond donors (Lipinski definition) is 1. The molecule has 0 aliphatic heterocycles. The summed E-state index contributed by atoms with van der Waals surface area (Å²) in [5, 5.41) is 8.33. The summed E-state index contributed by atoms with van der Waals surface area (Å²) in [5.41, 5.74) is 0.701.